The van der Waals surface area contributed by atoms with Crippen molar-refractivity contribution in [1.29, 1.82) is 0 Å². The molecule has 0 unspecified atom stereocenters. The van der Waals surface area contributed by atoms with E-state index in [9.17, 15) is 14.4 Å². The molecule has 0 aliphatic rings. The zero-order valence-corrected chi connectivity index (χ0v) is 15.9. The molecule has 8 heteroatoms. The number of ether oxygens (including phenoxy) is 1. The quantitative estimate of drug-likeness (QED) is 0.505. The van der Waals surface area contributed by atoms with Gasteiger partial charge in [0.2, 0.25) is 11.8 Å². The Morgan fingerprint density at radius 2 is 1.64 bits per heavy atom. The van der Waals surface area contributed by atoms with Gasteiger partial charge >= 0.3 is 0 Å². The largest absolute Gasteiger partial charge is 0.495 e. The number of nitrogens with one attached hydrogen (secondary N) is 3. The van der Waals surface area contributed by atoms with Crippen molar-refractivity contribution in [2.75, 3.05) is 17.7 Å². The van der Waals surface area contributed by atoms with Crippen molar-refractivity contribution in [3.05, 3.63) is 54.1 Å². The molecule has 0 saturated carbocycles. The van der Waals surface area contributed by atoms with Crippen molar-refractivity contribution in [2.24, 2.45) is 5.10 Å². The minimum atomic E-state index is -0.418. The molecular formula is C20H22N4O4. The van der Waals surface area contributed by atoms with Gasteiger partial charge in [0.05, 0.1) is 19.2 Å². The zero-order valence-electron chi connectivity index (χ0n) is 15.9. The molecule has 0 atom stereocenters. The number of methoxy groups -OCH3 is 1. The highest BCUT2D eigenvalue weighted by Crippen LogP contribution is 2.23. The maximum absolute atomic E-state index is 12.1. The Balaban J connectivity index is 1.90. The van der Waals surface area contributed by atoms with Gasteiger partial charge in [-0.1, -0.05) is 12.1 Å². The summed E-state index contributed by atoms with van der Waals surface area (Å²) in [5.41, 5.74) is 4.38. The fourth-order valence-corrected chi connectivity index (χ4v) is 2.33. The average molecular weight is 382 g/mol. The fourth-order valence-electron chi connectivity index (χ4n) is 2.33. The van der Waals surface area contributed by atoms with Gasteiger partial charge in [-0.2, -0.15) is 5.10 Å². The maximum atomic E-state index is 12.1. The smallest absolute Gasteiger partial charge is 0.271 e. The summed E-state index contributed by atoms with van der Waals surface area (Å²) in [5, 5.41) is 9.31. The number of hydrazone groups is 1. The molecule has 0 fully saturated rings. The molecular weight excluding hydrogens is 360 g/mol. The van der Waals surface area contributed by atoms with E-state index in [2.05, 4.69) is 21.2 Å². The summed E-state index contributed by atoms with van der Waals surface area (Å²) in [6.45, 7) is 3.05. The number of amides is 3. The van der Waals surface area contributed by atoms with E-state index in [0.29, 0.717) is 28.4 Å². The first-order chi connectivity index (χ1) is 13.4. The molecule has 0 aromatic heterocycles. The van der Waals surface area contributed by atoms with E-state index in [1.165, 1.54) is 14.0 Å². The van der Waals surface area contributed by atoms with Crippen molar-refractivity contribution in [2.45, 2.75) is 20.3 Å². The Morgan fingerprint density at radius 1 is 0.964 bits per heavy atom. The fraction of sp³-hybridized carbons (Fsp3) is 0.200. The SMILES string of the molecule is COc1ccccc1NC(=O)CC(C)=NNC(=O)c1ccc(NC(C)=O)cc1. The molecule has 2 aromatic carbocycles. The molecule has 0 aliphatic heterocycles. The Hall–Kier alpha value is -3.68. The lowest BCUT2D eigenvalue weighted by Crippen LogP contribution is -2.21. The van der Waals surface area contributed by atoms with Gasteiger partial charge in [-0.25, -0.2) is 5.43 Å². The molecule has 0 saturated heterocycles. The van der Waals surface area contributed by atoms with Gasteiger partial charge in [0.1, 0.15) is 5.75 Å². The minimum absolute atomic E-state index is 0.0137. The lowest BCUT2D eigenvalue weighted by Gasteiger charge is -2.09. The summed E-state index contributed by atoms with van der Waals surface area (Å²) in [7, 11) is 1.52. The van der Waals surface area contributed by atoms with Crippen LogP contribution in [0.1, 0.15) is 30.6 Å². The highest BCUT2D eigenvalue weighted by Gasteiger charge is 2.09. The third-order valence-electron chi connectivity index (χ3n) is 3.61. The first-order valence-corrected chi connectivity index (χ1v) is 8.53. The Kier molecular flexibility index (Phi) is 7.27. The van der Waals surface area contributed by atoms with Crippen LogP contribution in [-0.2, 0) is 9.59 Å². The summed E-state index contributed by atoms with van der Waals surface area (Å²) in [5.74, 6) is -0.330. The normalized spacial score (nSPS) is 10.8. The molecule has 0 radical (unpaired) electrons. The van der Waals surface area contributed by atoms with Gasteiger partial charge in [0, 0.05) is 23.9 Å². The second kappa shape index (κ2) is 9.86. The van der Waals surface area contributed by atoms with Gasteiger partial charge in [-0.3, -0.25) is 14.4 Å². The van der Waals surface area contributed by atoms with E-state index in [-0.39, 0.29) is 18.2 Å². The first-order valence-electron chi connectivity index (χ1n) is 8.53. The van der Waals surface area contributed by atoms with Crippen LogP contribution in [0.2, 0.25) is 0 Å². The van der Waals surface area contributed by atoms with Crippen LogP contribution in [0.3, 0.4) is 0 Å². The van der Waals surface area contributed by atoms with E-state index in [1.54, 1.807) is 55.5 Å². The highest BCUT2D eigenvalue weighted by atomic mass is 16.5. The van der Waals surface area contributed by atoms with Gasteiger partial charge < -0.3 is 15.4 Å². The van der Waals surface area contributed by atoms with Crippen LogP contribution in [0.15, 0.2) is 53.6 Å². The standard InChI is InChI=1S/C20H22N4O4/c1-13(12-19(26)22-17-6-4-5-7-18(17)28-3)23-24-20(27)15-8-10-16(11-9-15)21-14(2)25/h4-11H,12H2,1-3H3,(H,21,25)(H,22,26)(H,24,27). The van der Waals surface area contributed by atoms with Crippen LogP contribution in [0.4, 0.5) is 11.4 Å². The molecule has 146 valence electrons. The molecule has 0 bridgehead atoms. The monoisotopic (exact) mass is 382 g/mol. The van der Waals surface area contributed by atoms with Crippen LogP contribution in [0.5, 0.6) is 5.75 Å². The second-order valence-corrected chi connectivity index (χ2v) is 5.97. The summed E-state index contributed by atoms with van der Waals surface area (Å²) < 4.78 is 5.18. The van der Waals surface area contributed by atoms with Gasteiger partial charge in [-0.15, -0.1) is 0 Å². The topological polar surface area (TPSA) is 109 Å². The van der Waals surface area contributed by atoms with Crippen LogP contribution in [0, 0.1) is 0 Å². The molecule has 8 nitrogen and oxygen atoms in total. The third-order valence-corrected chi connectivity index (χ3v) is 3.61. The number of rotatable bonds is 7. The Bertz CT molecular complexity index is 891. The molecule has 2 aromatic rings. The van der Waals surface area contributed by atoms with Crippen LogP contribution < -0.4 is 20.8 Å². The number of carbonyl (C=O) groups excluding carboxylic acids is 3. The van der Waals surface area contributed by atoms with Crippen LogP contribution in [0.25, 0.3) is 0 Å². The van der Waals surface area contributed by atoms with E-state index in [4.69, 9.17) is 4.74 Å². The molecule has 3 N–H and O–H groups in total. The summed E-state index contributed by atoms with van der Waals surface area (Å²) in [6.07, 6.45) is 0.0137. The highest BCUT2D eigenvalue weighted by molar-refractivity contribution is 6.06. The lowest BCUT2D eigenvalue weighted by atomic mass is 10.2. The zero-order chi connectivity index (χ0) is 20.5. The molecule has 0 spiro atoms. The minimum Gasteiger partial charge on any atom is -0.495 e. The maximum Gasteiger partial charge on any atom is 0.271 e. The molecule has 2 rings (SSSR count). The van der Waals surface area contributed by atoms with Crippen molar-refractivity contribution >= 4 is 34.8 Å². The summed E-state index contributed by atoms with van der Waals surface area (Å²) >= 11 is 0. The number of carbonyl (C=O) groups is 3. The van der Waals surface area contributed by atoms with Crippen molar-refractivity contribution in [3.8, 4) is 5.75 Å². The Morgan fingerprint density at radius 3 is 2.29 bits per heavy atom. The predicted octanol–water partition coefficient (Wildman–Crippen LogP) is 2.79. The predicted molar refractivity (Wildman–Crippen MR) is 108 cm³/mol. The van der Waals surface area contributed by atoms with Crippen molar-refractivity contribution in [3.63, 3.8) is 0 Å². The van der Waals surface area contributed by atoms with E-state index in [1.807, 2.05) is 0 Å². The number of hydrogen-bond donors (Lipinski definition) is 3. The number of para-hydroxylation sites is 2. The van der Waals surface area contributed by atoms with Crippen molar-refractivity contribution in [1.82, 2.24) is 5.43 Å². The average Bonchev–Trinajstić information content (AvgIpc) is 2.66. The second-order valence-electron chi connectivity index (χ2n) is 5.97. The molecule has 3 amide bonds. The molecule has 28 heavy (non-hydrogen) atoms. The van der Waals surface area contributed by atoms with Gasteiger partial charge in [-0.05, 0) is 43.3 Å². The lowest BCUT2D eigenvalue weighted by molar-refractivity contribution is -0.115. The first kappa shape index (κ1) is 20.6. The number of nitrogens with zero attached hydrogens (tertiary/aromatic N) is 1. The third kappa shape index (κ3) is 6.24. The van der Waals surface area contributed by atoms with Crippen LogP contribution in [-0.4, -0.2) is 30.5 Å². The summed E-state index contributed by atoms with van der Waals surface area (Å²) in [6, 6.07) is 13.4. The van der Waals surface area contributed by atoms with Crippen LogP contribution >= 0.6 is 0 Å². The number of hydrogen-bond acceptors (Lipinski definition) is 5. The Labute approximate surface area is 163 Å². The van der Waals surface area contributed by atoms with Gasteiger partial charge in [0.15, 0.2) is 0 Å². The number of anilines is 2. The van der Waals surface area contributed by atoms with E-state index in [0.717, 1.165) is 0 Å². The van der Waals surface area contributed by atoms with E-state index >= 15 is 0 Å². The van der Waals surface area contributed by atoms with Crippen molar-refractivity contribution < 1.29 is 19.1 Å². The van der Waals surface area contributed by atoms with E-state index < -0.39 is 5.91 Å². The molecule has 0 aliphatic carbocycles. The summed E-state index contributed by atoms with van der Waals surface area (Å²) in [4.78, 5) is 35.3. The van der Waals surface area contributed by atoms with Gasteiger partial charge in [0.25, 0.3) is 5.91 Å². The molecule has 0 heterocycles. The number of benzene rings is 2.